The molecule has 6 nitrogen and oxygen atoms in total. The highest BCUT2D eigenvalue weighted by Crippen LogP contribution is 2.37. The number of nitrogens with zero attached hydrogens (tertiary/aromatic N) is 1. The average Bonchev–Trinajstić information content (AvgIpc) is 3.03. The molecular weight excluding hydrogens is 366 g/mol. The maximum atomic E-state index is 12.8. The van der Waals surface area contributed by atoms with Crippen molar-refractivity contribution in [1.29, 1.82) is 0 Å². The molecule has 1 aromatic carbocycles. The number of amides is 1. The van der Waals surface area contributed by atoms with Crippen LogP contribution in [0.4, 0.5) is 0 Å². The molecule has 1 amide bonds. The molecule has 0 aliphatic carbocycles. The number of likely N-dealkylation sites (tertiary alicyclic amines) is 1. The van der Waals surface area contributed by atoms with E-state index in [4.69, 9.17) is 18.9 Å². The van der Waals surface area contributed by atoms with Gasteiger partial charge >= 0.3 is 0 Å². The van der Waals surface area contributed by atoms with Gasteiger partial charge in [0.1, 0.15) is 16.0 Å². The van der Waals surface area contributed by atoms with E-state index in [1.54, 1.807) is 26.4 Å². The van der Waals surface area contributed by atoms with Gasteiger partial charge < -0.3 is 23.8 Å². The lowest BCUT2D eigenvalue weighted by Gasteiger charge is -2.37. The van der Waals surface area contributed by atoms with Crippen LogP contribution in [0.5, 0.6) is 11.5 Å². The van der Waals surface area contributed by atoms with Crippen molar-refractivity contribution < 1.29 is 23.7 Å². The highest BCUT2D eigenvalue weighted by atomic mass is 79.9. The summed E-state index contributed by atoms with van der Waals surface area (Å²) in [6.45, 7) is 2.49. The number of halogens is 1. The van der Waals surface area contributed by atoms with Crippen LogP contribution in [0.1, 0.15) is 23.2 Å². The summed E-state index contributed by atoms with van der Waals surface area (Å²) in [7, 11) is 3.13. The first-order chi connectivity index (χ1) is 11.1. The van der Waals surface area contributed by atoms with Gasteiger partial charge in [-0.1, -0.05) is 0 Å². The van der Waals surface area contributed by atoms with Crippen LogP contribution in [0.25, 0.3) is 0 Å². The minimum absolute atomic E-state index is 0.0399. The summed E-state index contributed by atoms with van der Waals surface area (Å²) < 4.78 is 22.7. The molecule has 0 N–H and O–H groups in total. The fourth-order valence-electron chi connectivity index (χ4n) is 3.01. The van der Waals surface area contributed by atoms with Gasteiger partial charge in [-0.05, 0) is 28.1 Å². The molecule has 1 aromatic rings. The quantitative estimate of drug-likeness (QED) is 0.799. The summed E-state index contributed by atoms with van der Waals surface area (Å²) >= 11 is 3.41. The van der Waals surface area contributed by atoms with Crippen LogP contribution in [-0.4, -0.2) is 57.1 Å². The first-order valence-corrected chi connectivity index (χ1v) is 8.36. The largest absolute Gasteiger partial charge is 0.495 e. The fraction of sp³-hybridized carbons (Fsp3) is 0.562. The molecule has 0 radical (unpaired) electrons. The van der Waals surface area contributed by atoms with E-state index in [0.717, 1.165) is 0 Å². The third-order valence-electron chi connectivity index (χ3n) is 4.32. The van der Waals surface area contributed by atoms with Gasteiger partial charge in [0.15, 0.2) is 5.79 Å². The summed E-state index contributed by atoms with van der Waals surface area (Å²) in [5, 5.41) is 0. The number of benzene rings is 1. The predicted octanol–water partition coefficient (Wildman–Crippen LogP) is 2.45. The van der Waals surface area contributed by atoms with Crippen LogP contribution in [0.3, 0.4) is 0 Å². The van der Waals surface area contributed by atoms with Crippen LogP contribution in [0.2, 0.25) is 0 Å². The third kappa shape index (κ3) is 3.18. The second-order valence-electron chi connectivity index (χ2n) is 5.59. The third-order valence-corrected chi connectivity index (χ3v) is 5.10. The van der Waals surface area contributed by atoms with E-state index in [2.05, 4.69) is 15.9 Å². The van der Waals surface area contributed by atoms with Gasteiger partial charge in [0.2, 0.25) is 0 Å². The summed E-state index contributed by atoms with van der Waals surface area (Å²) in [4.78, 5) is 14.6. The molecule has 3 rings (SSSR count). The Kier molecular flexibility index (Phi) is 4.79. The first kappa shape index (κ1) is 16.5. The van der Waals surface area contributed by atoms with E-state index in [9.17, 15) is 4.79 Å². The predicted molar refractivity (Wildman–Crippen MR) is 87.0 cm³/mol. The molecule has 0 saturated carbocycles. The SMILES string of the molecule is COc1cc(C(=O)N2CCC3(CC2)OCCO3)cc(OC)c1Br. The molecule has 7 heteroatoms. The molecule has 0 bridgehead atoms. The van der Waals surface area contributed by atoms with Gasteiger partial charge in [-0.25, -0.2) is 0 Å². The Morgan fingerprint density at radius 3 is 2.13 bits per heavy atom. The van der Waals surface area contributed by atoms with Gasteiger partial charge in [0.25, 0.3) is 5.91 Å². The van der Waals surface area contributed by atoms with Crippen molar-refractivity contribution in [2.75, 3.05) is 40.5 Å². The Balaban J connectivity index is 1.76. The zero-order chi connectivity index (χ0) is 16.4. The molecule has 2 aliphatic heterocycles. The van der Waals surface area contributed by atoms with E-state index >= 15 is 0 Å². The van der Waals surface area contributed by atoms with Crippen molar-refractivity contribution in [3.8, 4) is 11.5 Å². The first-order valence-electron chi connectivity index (χ1n) is 7.57. The highest BCUT2D eigenvalue weighted by molar-refractivity contribution is 9.10. The van der Waals surface area contributed by atoms with E-state index in [-0.39, 0.29) is 5.91 Å². The Hall–Kier alpha value is -1.31. The molecule has 126 valence electrons. The van der Waals surface area contributed by atoms with Crippen LogP contribution in [-0.2, 0) is 9.47 Å². The van der Waals surface area contributed by atoms with Gasteiger partial charge in [-0.15, -0.1) is 0 Å². The number of hydrogen-bond acceptors (Lipinski definition) is 5. The van der Waals surface area contributed by atoms with Crippen LogP contribution < -0.4 is 9.47 Å². The summed E-state index contributed by atoms with van der Waals surface area (Å²) in [6.07, 6.45) is 1.40. The van der Waals surface area contributed by atoms with Crippen LogP contribution in [0, 0.1) is 0 Å². The van der Waals surface area contributed by atoms with E-state index in [0.29, 0.717) is 60.7 Å². The molecular formula is C16H20BrNO5. The number of hydrogen-bond donors (Lipinski definition) is 0. The second kappa shape index (κ2) is 6.67. The normalized spacial score (nSPS) is 19.9. The topological polar surface area (TPSA) is 57.2 Å². The van der Waals surface area contributed by atoms with Crippen molar-refractivity contribution in [3.63, 3.8) is 0 Å². The molecule has 2 fully saturated rings. The van der Waals surface area contributed by atoms with Gasteiger partial charge in [0.05, 0.1) is 27.4 Å². The molecule has 23 heavy (non-hydrogen) atoms. The molecule has 0 aromatic heterocycles. The minimum Gasteiger partial charge on any atom is -0.495 e. The summed E-state index contributed by atoms with van der Waals surface area (Å²) in [6, 6.07) is 3.45. The van der Waals surface area contributed by atoms with Crippen molar-refractivity contribution >= 4 is 21.8 Å². The Labute approximate surface area is 143 Å². The molecule has 2 heterocycles. The highest BCUT2D eigenvalue weighted by Gasteiger charge is 2.41. The smallest absolute Gasteiger partial charge is 0.254 e. The summed E-state index contributed by atoms with van der Waals surface area (Å²) in [5.41, 5.74) is 0.547. The zero-order valence-corrected chi connectivity index (χ0v) is 14.8. The molecule has 1 spiro atoms. The number of piperidine rings is 1. The van der Waals surface area contributed by atoms with Gasteiger partial charge in [0, 0.05) is 31.5 Å². The van der Waals surface area contributed by atoms with Crippen molar-refractivity contribution in [2.45, 2.75) is 18.6 Å². The standard InChI is InChI=1S/C16H20BrNO5/c1-20-12-9-11(10-13(21-2)14(12)17)15(19)18-5-3-16(4-6-18)22-7-8-23-16/h9-10H,3-8H2,1-2H3. The van der Waals surface area contributed by atoms with Crippen molar-refractivity contribution in [3.05, 3.63) is 22.2 Å². The van der Waals surface area contributed by atoms with E-state index < -0.39 is 5.79 Å². The van der Waals surface area contributed by atoms with Crippen molar-refractivity contribution in [1.82, 2.24) is 4.90 Å². The number of carbonyl (C=O) groups excluding carboxylic acids is 1. The zero-order valence-electron chi connectivity index (χ0n) is 13.3. The number of rotatable bonds is 3. The molecule has 2 aliphatic rings. The average molecular weight is 386 g/mol. The van der Waals surface area contributed by atoms with Crippen LogP contribution >= 0.6 is 15.9 Å². The summed E-state index contributed by atoms with van der Waals surface area (Å²) in [5.74, 6) is 0.625. The fourth-order valence-corrected chi connectivity index (χ4v) is 3.56. The number of methoxy groups -OCH3 is 2. The van der Waals surface area contributed by atoms with E-state index in [1.165, 1.54) is 0 Å². The molecule has 0 atom stereocenters. The number of carbonyl (C=O) groups is 1. The lowest BCUT2D eigenvalue weighted by molar-refractivity contribution is -0.181. The monoisotopic (exact) mass is 385 g/mol. The van der Waals surface area contributed by atoms with Crippen LogP contribution in [0.15, 0.2) is 16.6 Å². The Morgan fingerprint density at radius 1 is 1.13 bits per heavy atom. The van der Waals surface area contributed by atoms with E-state index in [1.807, 2.05) is 4.90 Å². The Morgan fingerprint density at radius 2 is 1.65 bits per heavy atom. The Bertz CT molecular complexity index is 565. The molecule has 0 unspecified atom stereocenters. The number of ether oxygens (including phenoxy) is 4. The maximum Gasteiger partial charge on any atom is 0.254 e. The minimum atomic E-state index is -0.480. The second-order valence-corrected chi connectivity index (χ2v) is 6.39. The molecule has 2 saturated heterocycles. The lowest BCUT2D eigenvalue weighted by Crippen LogP contribution is -2.47. The lowest BCUT2D eigenvalue weighted by atomic mass is 10.0. The van der Waals surface area contributed by atoms with Gasteiger partial charge in [-0.2, -0.15) is 0 Å². The van der Waals surface area contributed by atoms with Crippen molar-refractivity contribution in [2.24, 2.45) is 0 Å². The maximum absolute atomic E-state index is 12.8. The van der Waals surface area contributed by atoms with Gasteiger partial charge in [-0.3, -0.25) is 4.79 Å².